The lowest BCUT2D eigenvalue weighted by atomic mass is 10.1. The third kappa shape index (κ3) is 3.39. The Kier molecular flexibility index (Phi) is 4.45. The van der Waals surface area contributed by atoms with Gasteiger partial charge in [0.1, 0.15) is 0 Å². The predicted octanol–water partition coefficient (Wildman–Crippen LogP) is 4.56. The van der Waals surface area contributed by atoms with Crippen molar-refractivity contribution in [3.8, 4) is 0 Å². The standard InChI is InChI=1S/C16H20N2OS/c1-10-8-11(2)15(12(3)9-10)18-16(19)17-13(4)14-6-5-7-20-14/h5-9,13H,1-4H3,(H2,17,18,19). The lowest BCUT2D eigenvalue weighted by Crippen LogP contribution is -2.31. The minimum absolute atomic E-state index is 0.0149. The van der Waals surface area contributed by atoms with Crippen LogP contribution in [0, 0.1) is 20.8 Å². The van der Waals surface area contributed by atoms with E-state index < -0.39 is 0 Å². The van der Waals surface area contributed by atoms with Gasteiger partial charge in [-0.2, -0.15) is 0 Å². The highest BCUT2D eigenvalue weighted by molar-refractivity contribution is 7.10. The Labute approximate surface area is 124 Å². The molecular weight excluding hydrogens is 268 g/mol. The highest BCUT2D eigenvalue weighted by Crippen LogP contribution is 2.22. The molecule has 1 atom stereocenters. The molecule has 0 spiro atoms. The van der Waals surface area contributed by atoms with Crippen LogP contribution in [0.4, 0.5) is 10.5 Å². The molecule has 0 fully saturated rings. The van der Waals surface area contributed by atoms with Crippen LogP contribution < -0.4 is 10.6 Å². The number of hydrogen-bond donors (Lipinski definition) is 2. The van der Waals surface area contributed by atoms with Crippen LogP contribution in [0.25, 0.3) is 0 Å². The number of urea groups is 1. The summed E-state index contributed by atoms with van der Waals surface area (Å²) in [4.78, 5) is 13.2. The summed E-state index contributed by atoms with van der Waals surface area (Å²) in [5.74, 6) is 0. The first-order chi connectivity index (χ1) is 9.47. The van der Waals surface area contributed by atoms with Gasteiger partial charge < -0.3 is 10.6 Å². The second kappa shape index (κ2) is 6.09. The van der Waals surface area contributed by atoms with Crippen molar-refractivity contribution in [2.24, 2.45) is 0 Å². The Morgan fingerprint density at radius 1 is 1.20 bits per heavy atom. The zero-order valence-corrected chi connectivity index (χ0v) is 13.1. The summed E-state index contributed by atoms with van der Waals surface area (Å²) in [5.41, 5.74) is 4.27. The number of nitrogens with one attached hydrogen (secondary N) is 2. The molecule has 0 saturated carbocycles. The van der Waals surface area contributed by atoms with E-state index in [-0.39, 0.29) is 12.1 Å². The average Bonchev–Trinajstić information content (AvgIpc) is 2.87. The van der Waals surface area contributed by atoms with Crippen LogP contribution in [0.1, 0.15) is 34.5 Å². The molecule has 106 valence electrons. The number of carbonyl (C=O) groups is 1. The van der Waals surface area contributed by atoms with Crippen molar-refractivity contribution in [3.63, 3.8) is 0 Å². The highest BCUT2D eigenvalue weighted by Gasteiger charge is 2.12. The molecule has 0 bridgehead atoms. The molecule has 3 nitrogen and oxygen atoms in total. The van der Waals surface area contributed by atoms with Gasteiger partial charge in [-0.05, 0) is 50.3 Å². The van der Waals surface area contributed by atoms with Gasteiger partial charge in [0.15, 0.2) is 0 Å². The summed E-state index contributed by atoms with van der Waals surface area (Å²) in [7, 11) is 0. The van der Waals surface area contributed by atoms with E-state index in [0.29, 0.717) is 0 Å². The second-order valence-corrected chi connectivity index (χ2v) is 6.09. The lowest BCUT2D eigenvalue weighted by molar-refractivity contribution is 0.249. The van der Waals surface area contributed by atoms with Crippen LogP contribution in [-0.2, 0) is 0 Å². The SMILES string of the molecule is Cc1cc(C)c(NC(=O)NC(C)c2cccs2)c(C)c1. The molecule has 0 saturated heterocycles. The van der Waals surface area contributed by atoms with Gasteiger partial charge in [0, 0.05) is 10.6 Å². The molecule has 2 aromatic rings. The van der Waals surface area contributed by atoms with Gasteiger partial charge in [0.05, 0.1) is 6.04 Å². The number of anilines is 1. The van der Waals surface area contributed by atoms with E-state index in [4.69, 9.17) is 0 Å². The van der Waals surface area contributed by atoms with Crippen LogP contribution in [0.3, 0.4) is 0 Å². The number of aryl methyl sites for hydroxylation is 3. The van der Waals surface area contributed by atoms with Crippen molar-refractivity contribution < 1.29 is 4.79 Å². The number of hydrogen-bond acceptors (Lipinski definition) is 2. The first-order valence-electron chi connectivity index (χ1n) is 6.66. The summed E-state index contributed by atoms with van der Waals surface area (Å²) in [6, 6.07) is 8.01. The van der Waals surface area contributed by atoms with E-state index >= 15 is 0 Å². The van der Waals surface area contributed by atoms with Crippen molar-refractivity contribution in [1.29, 1.82) is 0 Å². The van der Waals surface area contributed by atoms with Crippen LogP contribution in [0.5, 0.6) is 0 Å². The van der Waals surface area contributed by atoms with Gasteiger partial charge >= 0.3 is 6.03 Å². The predicted molar refractivity (Wildman–Crippen MR) is 85.5 cm³/mol. The lowest BCUT2D eigenvalue weighted by Gasteiger charge is -2.16. The van der Waals surface area contributed by atoms with E-state index in [1.807, 2.05) is 38.3 Å². The Hall–Kier alpha value is -1.81. The third-order valence-electron chi connectivity index (χ3n) is 3.23. The van der Waals surface area contributed by atoms with Crippen LogP contribution in [0.15, 0.2) is 29.6 Å². The largest absolute Gasteiger partial charge is 0.331 e. The van der Waals surface area contributed by atoms with Gasteiger partial charge in [-0.3, -0.25) is 0 Å². The topological polar surface area (TPSA) is 41.1 Å². The monoisotopic (exact) mass is 288 g/mol. The zero-order valence-electron chi connectivity index (χ0n) is 12.3. The van der Waals surface area contributed by atoms with Crippen molar-refractivity contribution in [1.82, 2.24) is 5.32 Å². The quantitative estimate of drug-likeness (QED) is 0.854. The number of carbonyl (C=O) groups excluding carboxylic acids is 1. The number of benzene rings is 1. The van der Waals surface area contributed by atoms with Gasteiger partial charge in [-0.1, -0.05) is 23.8 Å². The summed E-state index contributed by atoms with van der Waals surface area (Å²) in [6.45, 7) is 8.07. The summed E-state index contributed by atoms with van der Waals surface area (Å²) in [5, 5.41) is 7.93. The van der Waals surface area contributed by atoms with E-state index in [1.54, 1.807) is 11.3 Å². The Balaban J connectivity index is 2.05. The fraction of sp³-hybridized carbons (Fsp3) is 0.312. The molecule has 20 heavy (non-hydrogen) atoms. The molecule has 0 aliphatic carbocycles. The minimum atomic E-state index is -0.166. The molecular formula is C16H20N2OS. The van der Waals surface area contributed by atoms with Crippen molar-refractivity contribution in [3.05, 3.63) is 51.2 Å². The van der Waals surface area contributed by atoms with Crippen molar-refractivity contribution in [2.45, 2.75) is 33.7 Å². The molecule has 1 unspecified atom stereocenters. The normalized spacial score (nSPS) is 12.0. The van der Waals surface area contributed by atoms with Crippen molar-refractivity contribution in [2.75, 3.05) is 5.32 Å². The van der Waals surface area contributed by atoms with E-state index in [2.05, 4.69) is 29.7 Å². The van der Waals surface area contributed by atoms with E-state index in [0.717, 1.165) is 21.7 Å². The molecule has 2 rings (SSSR count). The summed E-state index contributed by atoms with van der Waals surface area (Å²) >= 11 is 1.65. The van der Waals surface area contributed by atoms with E-state index in [1.165, 1.54) is 5.56 Å². The third-order valence-corrected chi connectivity index (χ3v) is 4.29. The van der Waals surface area contributed by atoms with Crippen LogP contribution >= 0.6 is 11.3 Å². The van der Waals surface area contributed by atoms with Crippen molar-refractivity contribution >= 4 is 23.1 Å². The maximum absolute atomic E-state index is 12.1. The first kappa shape index (κ1) is 14.6. The average molecular weight is 288 g/mol. The van der Waals surface area contributed by atoms with Gasteiger partial charge in [-0.15, -0.1) is 11.3 Å². The molecule has 0 aliphatic rings. The maximum atomic E-state index is 12.1. The first-order valence-corrected chi connectivity index (χ1v) is 7.54. The van der Waals surface area contributed by atoms with Crippen LogP contribution in [-0.4, -0.2) is 6.03 Å². The maximum Gasteiger partial charge on any atom is 0.319 e. The number of thiophene rings is 1. The Morgan fingerprint density at radius 2 is 1.85 bits per heavy atom. The number of amides is 2. The Bertz CT molecular complexity index is 582. The molecule has 1 aromatic heterocycles. The van der Waals surface area contributed by atoms with E-state index in [9.17, 15) is 4.79 Å². The molecule has 1 heterocycles. The van der Waals surface area contributed by atoms with Gasteiger partial charge in [0.25, 0.3) is 0 Å². The molecule has 0 radical (unpaired) electrons. The fourth-order valence-electron chi connectivity index (χ4n) is 2.33. The Morgan fingerprint density at radius 3 is 2.40 bits per heavy atom. The molecule has 1 aromatic carbocycles. The minimum Gasteiger partial charge on any atom is -0.331 e. The highest BCUT2D eigenvalue weighted by atomic mass is 32.1. The van der Waals surface area contributed by atoms with Gasteiger partial charge in [0.2, 0.25) is 0 Å². The zero-order chi connectivity index (χ0) is 14.7. The summed E-state index contributed by atoms with van der Waals surface area (Å²) in [6.07, 6.45) is 0. The smallest absolute Gasteiger partial charge is 0.319 e. The summed E-state index contributed by atoms with van der Waals surface area (Å²) < 4.78 is 0. The van der Waals surface area contributed by atoms with Gasteiger partial charge in [-0.25, -0.2) is 4.79 Å². The second-order valence-electron chi connectivity index (χ2n) is 5.11. The molecule has 4 heteroatoms. The molecule has 0 aliphatic heterocycles. The number of rotatable bonds is 3. The molecule has 2 amide bonds. The molecule has 2 N–H and O–H groups in total. The van der Waals surface area contributed by atoms with Crippen LogP contribution in [0.2, 0.25) is 0 Å². The fourth-order valence-corrected chi connectivity index (χ4v) is 3.07.